The number of nitrogens with zero attached hydrogens (tertiary/aromatic N) is 2. The summed E-state index contributed by atoms with van der Waals surface area (Å²) in [5.74, 6) is -0.373. The average molecular weight is 302 g/mol. The van der Waals surface area contributed by atoms with Crippen LogP contribution < -0.4 is 0 Å². The maximum Gasteiger partial charge on any atom is 0.337 e. The van der Waals surface area contributed by atoms with Crippen LogP contribution >= 0.6 is 0 Å². The number of aromatic nitrogens is 1. The molecular weight excluding hydrogens is 288 g/mol. The number of aryl methyl sites for hydroxylation is 1. The van der Waals surface area contributed by atoms with Gasteiger partial charge >= 0.3 is 5.97 Å². The van der Waals surface area contributed by atoms with Crippen LogP contribution in [0.2, 0.25) is 0 Å². The van der Waals surface area contributed by atoms with Crippen LogP contribution in [0.3, 0.4) is 0 Å². The Hall–Kier alpha value is -3.19. The van der Waals surface area contributed by atoms with Crippen molar-refractivity contribution in [3.05, 3.63) is 71.2 Å². The topological polar surface area (TPSA) is 43.5 Å². The highest BCUT2D eigenvalue weighted by Gasteiger charge is 2.11. The Kier molecular flexibility index (Phi) is 3.78. The Morgan fingerprint density at radius 3 is 2.65 bits per heavy atom. The molecule has 23 heavy (non-hydrogen) atoms. The molecule has 112 valence electrons. The van der Waals surface area contributed by atoms with E-state index in [9.17, 15) is 4.79 Å². The molecule has 0 aliphatic heterocycles. The molecule has 0 spiro atoms. The van der Waals surface area contributed by atoms with Gasteiger partial charge in [0.05, 0.1) is 24.8 Å². The van der Waals surface area contributed by atoms with E-state index in [0.29, 0.717) is 11.3 Å². The summed E-state index contributed by atoms with van der Waals surface area (Å²) >= 11 is 0. The lowest BCUT2D eigenvalue weighted by Crippen LogP contribution is -2.01. The molecule has 0 aliphatic rings. The highest BCUT2D eigenvalue weighted by Crippen LogP contribution is 2.32. The molecule has 2 aromatic carbocycles. The molecule has 0 unspecified atom stereocenters. The summed E-state index contributed by atoms with van der Waals surface area (Å²) < 4.78 is 4.79. The fourth-order valence-corrected chi connectivity index (χ4v) is 2.65. The molecule has 0 saturated heterocycles. The lowest BCUT2D eigenvalue weighted by molar-refractivity contribution is 0.0601. The first kappa shape index (κ1) is 14.7. The predicted molar refractivity (Wildman–Crippen MR) is 89.5 cm³/mol. The third-order valence-corrected chi connectivity index (χ3v) is 3.79. The van der Waals surface area contributed by atoms with Crippen molar-refractivity contribution in [1.29, 1.82) is 0 Å². The molecule has 0 fully saturated rings. The minimum Gasteiger partial charge on any atom is -0.465 e. The van der Waals surface area contributed by atoms with Gasteiger partial charge < -0.3 is 4.74 Å². The molecule has 0 amide bonds. The number of ether oxygens (including phenoxy) is 1. The van der Waals surface area contributed by atoms with E-state index < -0.39 is 0 Å². The molecule has 0 bridgehead atoms. The zero-order chi connectivity index (χ0) is 16.4. The first-order valence-corrected chi connectivity index (χ1v) is 7.09. The second-order valence-corrected chi connectivity index (χ2v) is 5.19. The smallest absolute Gasteiger partial charge is 0.337 e. The molecule has 0 aliphatic carbocycles. The number of carbonyl (C=O) groups excluding carboxylic acids is 1. The molecule has 1 aromatic heterocycles. The summed E-state index contributed by atoms with van der Waals surface area (Å²) in [6.07, 6.45) is 1.75. The Labute approximate surface area is 134 Å². The van der Waals surface area contributed by atoms with E-state index in [1.807, 2.05) is 31.2 Å². The lowest BCUT2D eigenvalue weighted by Gasteiger charge is -2.11. The Balaban J connectivity index is 2.25. The van der Waals surface area contributed by atoms with Crippen molar-refractivity contribution < 1.29 is 9.53 Å². The normalized spacial score (nSPS) is 10.3. The molecular formula is C19H14N2O2. The summed E-state index contributed by atoms with van der Waals surface area (Å²) in [7, 11) is 1.36. The van der Waals surface area contributed by atoms with Crippen molar-refractivity contribution in [3.63, 3.8) is 0 Å². The minimum atomic E-state index is -0.373. The van der Waals surface area contributed by atoms with Crippen LogP contribution in [-0.4, -0.2) is 18.1 Å². The van der Waals surface area contributed by atoms with E-state index in [2.05, 4.69) is 9.83 Å². The predicted octanol–water partition coefficient (Wildman–Crippen LogP) is 4.55. The number of hydrogen-bond donors (Lipinski definition) is 0. The van der Waals surface area contributed by atoms with Crippen LogP contribution in [0.4, 0.5) is 5.69 Å². The first-order valence-electron chi connectivity index (χ1n) is 7.09. The highest BCUT2D eigenvalue weighted by molar-refractivity contribution is 6.00. The van der Waals surface area contributed by atoms with E-state index in [0.717, 1.165) is 27.6 Å². The minimum absolute atomic E-state index is 0.373. The fourth-order valence-electron chi connectivity index (χ4n) is 2.65. The van der Waals surface area contributed by atoms with E-state index in [1.165, 1.54) is 7.11 Å². The van der Waals surface area contributed by atoms with Crippen LogP contribution in [0.15, 0.2) is 48.7 Å². The van der Waals surface area contributed by atoms with E-state index in [-0.39, 0.29) is 5.97 Å². The van der Waals surface area contributed by atoms with Crippen molar-refractivity contribution >= 4 is 22.6 Å². The summed E-state index contributed by atoms with van der Waals surface area (Å²) in [6, 6.07) is 12.8. The SMILES string of the molecule is [C-]#[N+]c1ccc(-c2ccnc3ccc(C(=O)OC)cc23)c(C)c1. The van der Waals surface area contributed by atoms with Crippen molar-refractivity contribution in [2.75, 3.05) is 7.11 Å². The summed E-state index contributed by atoms with van der Waals surface area (Å²) in [5.41, 5.74) is 4.92. The monoisotopic (exact) mass is 302 g/mol. The number of hydrogen-bond acceptors (Lipinski definition) is 3. The van der Waals surface area contributed by atoms with E-state index in [1.54, 1.807) is 24.4 Å². The lowest BCUT2D eigenvalue weighted by atomic mass is 9.96. The summed E-state index contributed by atoms with van der Waals surface area (Å²) in [5, 5.41) is 0.883. The maximum atomic E-state index is 11.8. The van der Waals surface area contributed by atoms with Gasteiger partial charge in [0.15, 0.2) is 5.69 Å². The van der Waals surface area contributed by atoms with Gasteiger partial charge in [0.1, 0.15) is 0 Å². The molecule has 0 atom stereocenters. The summed E-state index contributed by atoms with van der Waals surface area (Å²) in [4.78, 5) is 19.6. The van der Waals surface area contributed by atoms with E-state index >= 15 is 0 Å². The quantitative estimate of drug-likeness (QED) is 0.515. The Morgan fingerprint density at radius 1 is 1.13 bits per heavy atom. The van der Waals surface area contributed by atoms with Crippen molar-refractivity contribution in [3.8, 4) is 11.1 Å². The second kappa shape index (κ2) is 5.90. The zero-order valence-electron chi connectivity index (χ0n) is 12.8. The fraction of sp³-hybridized carbons (Fsp3) is 0.105. The highest BCUT2D eigenvalue weighted by atomic mass is 16.5. The largest absolute Gasteiger partial charge is 0.465 e. The first-order chi connectivity index (χ1) is 11.1. The number of methoxy groups -OCH3 is 1. The van der Waals surface area contributed by atoms with E-state index in [4.69, 9.17) is 11.3 Å². The van der Waals surface area contributed by atoms with Gasteiger partial charge in [0.25, 0.3) is 0 Å². The van der Waals surface area contributed by atoms with Gasteiger partial charge in [0, 0.05) is 11.6 Å². The standard InChI is InChI=1S/C19H14N2O2/c1-12-10-14(20-2)5-6-15(12)16-8-9-21-18-7-4-13(11-17(16)18)19(22)23-3/h4-11H,1,3H3. The molecule has 0 radical (unpaired) electrons. The maximum absolute atomic E-state index is 11.8. The van der Waals surface area contributed by atoms with Crippen LogP contribution in [0.25, 0.3) is 26.9 Å². The molecule has 0 N–H and O–H groups in total. The van der Waals surface area contributed by atoms with Gasteiger partial charge in [-0.1, -0.05) is 23.8 Å². The van der Waals surface area contributed by atoms with Crippen LogP contribution in [-0.2, 0) is 4.74 Å². The number of esters is 1. The van der Waals surface area contributed by atoms with Crippen molar-refractivity contribution in [1.82, 2.24) is 4.98 Å². The van der Waals surface area contributed by atoms with Gasteiger partial charge in [-0.3, -0.25) is 4.98 Å². The van der Waals surface area contributed by atoms with Crippen LogP contribution in [0.1, 0.15) is 15.9 Å². The Bertz CT molecular complexity index is 955. The van der Waals surface area contributed by atoms with Crippen molar-refractivity contribution in [2.45, 2.75) is 6.92 Å². The third kappa shape index (κ3) is 2.65. The van der Waals surface area contributed by atoms with Gasteiger partial charge in [-0.25, -0.2) is 9.64 Å². The van der Waals surface area contributed by atoms with Gasteiger partial charge in [-0.05, 0) is 42.3 Å². The van der Waals surface area contributed by atoms with Crippen LogP contribution in [0, 0.1) is 13.5 Å². The molecule has 4 heteroatoms. The second-order valence-electron chi connectivity index (χ2n) is 5.19. The van der Waals surface area contributed by atoms with Gasteiger partial charge in [-0.15, -0.1) is 0 Å². The van der Waals surface area contributed by atoms with Crippen molar-refractivity contribution in [2.24, 2.45) is 0 Å². The molecule has 3 rings (SSSR count). The van der Waals surface area contributed by atoms with Gasteiger partial charge in [-0.2, -0.15) is 0 Å². The third-order valence-electron chi connectivity index (χ3n) is 3.79. The zero-order valence-corrected chi connectivity index (χ0v) is 12.8. The number of rotatable bonds is 2. The number of carbonyl (C=O) groups is 1. The molecule has 0 saturated carbocycles. The molecule has 3 aromatic rings. The number of pyridine rings is 1. The molecule has 4 nitrogen and oxygen atoms in total. The van der Waals surface area contributed by atoms with Gasteiger partial charge in [0.2, 0.25) is 0 Å². The summed E-state index contributed by atoms with van der Waals surface area (Å²) in [6.45, 7) is 9.08. The van der Waals surface area contributed by atoms with Crippen LogP contribution in [0.5, 0.6) is 0 Å². The number of benzene rings is 2. The Morgan fingerprint density at radius 2 is 1.96 bits per heavy atom. The average Bonchev–Trinajstić information content (AvgIpc) is 2.60. The molecule has 1 heterocycles. The number of fused-ring (bicyclic) bond motifs is 1.